The molecule has 1 unspecified atom stereocenters. The van der Waals surface area contributed by atoms with Gasteiger partial charge in [-0.1, -0.05) is 6.42 Å². The minimum atomic E-state index is -0.344. The monoisotopic (exact) mass is 368 g/mol. The first-order chi connectivity index (χ1) is 10.5. The molecule has 7 heteroatoms. The number of piperidine rings is 1. The van der Waals surface area contributed by atoms with E-state index in [-0.39, 0.29) is 16.1 Å². The van der Waals surface area contributed by atoms with Crippen molar-refractivity contribution in [3.05, 3.63) is 26.9 Å². The molecule has 0 radical (unpaired) electrons. The number of hydrogen-bond donors (Lipinski definition) is 0. The van der Waals surface area contributed by atoms with Gasteiger partial charge in [-0.3, -0.25) is 15.0 Å². The summed E-state index contributed by atoms with van der Waals surface area (Å²) in [4.78, 5) is 19.9. The minimum absolute atomic E-state index is 0.0808. The van der Waals surface area contributed by atoms with Gasteiger partial charge in [0.2, 0.25) is 5.82 Å². The first kappa shape index (κ1) is 15.7. The number of halogens is 1. The molecule has 0 aliphatic carbocycles. The molecule has 0 N–H and O–H groups in total. The van der Waals surface area contributed by atoms with Gasteiger partial charge in [0, 0.05) is 35.4 Å². The second-order valence-electron chi connectivity index (χ2n) is 6.47. The Morgan fingerprint density at radius 1 is 1.32 bits per heavy atom. The van der Waals surface area contributed by atoms with E-state index in [1.807, 2.05) is 0 Å². The molecule has 2 fully saturated rings. The highest BCUT2D eigenvalue weighted by Crippen LogP contribution is 2.36. The number of anilines is 1. The predicted molar refractivity (Wildman–Crippen MR) is 89.3 cm³/mol. The molecular weight excluding hydrogens is 348 g/mol. The minimum Gasteiger partial charge on any atom is -0.349 e. The van der Waals surface area contributed by atoms with Gasteiger partial charge in [-0.15, -0.1) is 0 Å². The van der Waals surface area contributed by atoms with Crippen LogP contribution in [0.4, 0.5) is 11.5 Å². The average molecular weight is 369 g/mol. The predicted octanol–water partition coefficient (Wildman–Crippen LogP) is 3.21. The Labute approximate surface area is 138 Å². The normalized spacial score (nSPS) is 26.4. The van der Waals surface area contributed by atoms with Crippen LogP contribution in [0.5, 0.6) is 0 Å². The molecule has 3 heterocycles. The highest BCUT2D eigenvalue weighted by Gasteiger charge is 2.41. The molecule has 0 amide bonds. The van der Waals surface area contributed by atoms with Crippen LogP contribution in [0.2, 0.25) is 0 Å². The van der Waals surface area contributed by atoms with E-state index in [9.17, 15) is 10.1 Å². The van der Waals surface area contributed by atoms with Gasteiger partial charge in [0.1, 0.15) is 0 Å². The van der Waals surface area contributed by atoms with E-state index in [0.717, 1.165) is 32.6 Å². The molecule has 2 aliphatic heterocycles. The Balaban J connectivity index is 1.82. The Bertz CT molecular complexity index is 577. The number of nitro groups is 1. The highest BCUT2D eigenvalue weighted by atomic mass is 79.9. The molecule has 1 aromatic rings. The van der Waals surface area contributed by atoms with Crippen LogP contribution < -0.4 is 4.90 Å². The van der Waals surface area contributed by atoms with Crippen LogP contribution in [0.15, 0.2) is 16.7 Å². The van der Waals surface area contributed by atoms with Crippen molar-refractivity contribution >= 4 is 27.4 Å². The number of rotatable bonds is 3. The molecule has 2 aliphatic rings. The summed E-state index contributed by atoms with van der Waals surface area (Å²) in [6, 6.07) is 1.54. The summed E-state index contributed by atoms with van der Waals surface area (Å²) in [6.45, 7) is 6.19. The van der Waals surface area contributed by atoms with Gasteiger partial charge in [-0.2, -0.15) is 0 Å². The summed E-state index contributed by atoms with van der Waals surface area (Å²) in [5.74, 6) is 0.494. The van der Waals surface area contributed by atoms with Gasteiger partial charge in [0.15, 0.2) is 0 Å². The van der Waals surface area contributed by atoms with E-state index in [2.05, 4.69) is 37.6 Å². The number of pyridine rings is 1. The number of aromatic nitrogens is 1. The third-order valence-electron chi connectivity index (χ3n) is 4.88. The zero-order valence-corrected chi connectivity index (χ0v) is 14.4. The van der Waals surface area contributed by atoms with Crippen LogP contribution in [-0.2, 0) is 0 Å². The van der Waals surface area contributed by atoms with E-state index in [4.69, 9.17) is 0 Å². The van der Waals surface area contributed by atoms with Gasteiger partial charge < -0.3 is 4.90 Å². The lowest BCUT2D eigenvalue weighted by Gasteiger charge is -2.40. The summed E-state index contributed by atoms with van der Waals surface area (Å²) in [5, 5.41) is 11.3. The lowest BCUT2D eigenvalue weighted by atomic mass is 9.95. The average Bonchev–Trinajstić information content (AvgIpc) is 2.92. The summed E-state index contributed by atoms with van der Waals surface area (Å²) >= 11 is 3.26. The van der Waals surface area contributed by atoms with E-state index in [0.29, 0.717) is 10.3 Å². The molecule has 2 saturated heterocycles. The smallest absolute Gasteiger partial charge is 0.312 e. The zero-order chi connectivity index (χ0) is 15.7. The molecule has 0 aromatic carbocycles. The van der Waals surface area contributed by atoms with Gasteiger partial charge in [0.05, 0.1) is 4.92 Å². The van der Waals surface area contributed by atoms with Crippen LogP contribution in [-0.4, -0.2) is 46.5 Å². The van der Waals surface area contributed by atoms with Crippen molar-refractivity contribution in [3.63, 3.8) is 0 Å². The maximum Gasteiger partial charge on any atom is 0.312 e. The molecular formula is C15H21BrN4O2. The van der Waals surface area contributed by atoms with Crippen molar-refractivity contribution in [2.24, 2.45) is 0 Å². The maximum absolute atomic E-state index is 11.3. The highest BCUT2D eigenvalue weighted by molar-refractivity contribution is 9.10. The van der Waals surface area contributed by atoms with Crippen molar-refractivity contribution in [3.8, 4) is 0 Å². The Hall–Kier alpha value is -1.21. The largest absolute Gasteiger partial charge is 0.349 e. The lowest BCUT2D eigenvalue weighted by Crippen LogP contribution is -2.50. The molecule has 1 aromatic heterocycles. The second-order valence-corrected chi connectivity index (χ2v) is 7.39. The lowest BCUT2D eigenvalue weighted by molar-refractivity contribution is -0.384. The molecule has 0 spiro atoms. The summed E-state index contributed by atoms with van der Waals surface area (Å²) in [5.41, 5.74) is 0.181. The van der Waals surface area contributed by atoms with Crippen molar-refractivity contribution in [2.45, 2.75) is 38.1 Å². The van der Waals surface area contributed by atoms with Gasteiger partial charge >= 0.3 is 5.69 Å². The maximum atomic E-state index is 11.3. The van der Waals surface area contributed by atoms with Gasteiger partial charge in [-0.25, -0.2) is 4.98 Å². The fraction of sp³-hybridized carbons (Fsp3) is 0.667. The van der Waals surface area contributed by atoms with E-state index in [1.165, 1.54) is 19.3 Å². The zero-order valence-electron chi connectivity index (χ0n) is 12.8. The Morgan fingerprint density at radius 3 is 2.73 bits per heavy atom. The van der Waals surface area contributed by atoms with E-state index >= 15 is 0 Å². The molecule has 120 valence electrons. The third kappa shape index (κ3) is 2.96. The number of nitrogens with zero attached hydrogens (tertiary/aromatic N) is 4. The van der Waals surface area contributed by atoms with Crippen LogP contribution in [0.3, 0.4) is 0 Å². The third-order valence-corrected chi connectivity index (χ3v) is 5.32. The van der Waals surface area contributed by atoms with Crippen molar-refractivity contribution in [2.75, 3.05) is 31.1 Å². The Morgan fingerprint density at radius 2 is 2.05 bits per heavy atom. The molecule has 0 bridgehead atoms. The molecule has 3 rings (SSSR count). The van der Waals surface area contributed by atoms with Crippen LogP contribution >= 0.6 is 15.9 Å². The summed E-state index contributed by atoms with van der Waals surface area (Å²) < 4.78 is 0.640. The van der Waals surface area contributed by atoms with Crippen LogP contribution in [0, 0.1) is 10.1 Å². The second kappa shape index (κ2) is 6.12. The van der Waals surface area contributed by atoms with Crippen LogP contribution in [0.1, 0.15) is 32.6 Å². The standard InChI is InChI=1S/C15H21BrN4O2/c1-15(19-6-3-2-4-7-19)5-8-18(11-15)14-13(20(21)22)9-12(16)10-17-14/h9-10H,2-8,11H2,1H3. The van der Waals surface area contributed by atoms with Crippen molar-refractivity contribution in [1.82, 2.24) is 9.88 Å². The summed E-state index contributed by atoms with van der Waals surface area (Å²) in [7, 11) is 0. The first-order valence-electron chi connectivity index (χ1n) is 7.79. The summed E-state index contributed by atoms with van der Waals surface area (Å²) in [6.07, 6.45) is 6.50. The molecule has 1 atom stereocenters. The SMILES string of the molecule is CC1(N2CCCCC2)CCN(c2ncc(Br)cc2[N+](=O)[O-])C1. The quantitative estimate of drug-likeness (QED) is 0.605. The van der Waals surface area contributed by atoms with Gasteiger partial charge in [0.25, 0.3) is 0 Å². The molecule has 22 heavy (non-hydrogen) atoms. The Kier molecular flexibility index (Phi) is 4.36. The number of likely N-dealkylation sites (tertiary alicyclic amines) is 1. The van der Waals surface area contributed by atoms with Crippen molar-refractivity contribution in [1.29, 1.82) is 0 Å². The molecule has 0 saturated carbocycles. The molecule has 6 nitrogen and oxygen atoms in total. The topological polar surface area (TPSA) is 62.5 Å². The van der Waals surface area contributed by atoms with Crippen molar-refractivity contribution < 1.29 is 4.92 Å². The van der Waals surface area contributed by atoms with E-state index < -0.39 is 0 Å². The fourth-order valence-electron chi connectivity index (χ4n) is 3.62. The van der Waals surface area contributed by atoms with Gasteiger partial charge in [-0.05, 0) is 55.2 Å². The van der Waals surface area contributed by atoms with Crippen LogP contribution in [0.25, 0.3) is 0 Å². The number of hydrogen-bond acceptors (Lipinski definition) is 5. The first-order valence-corrected chi connectivity index (χ1v) is 8.59. The van der Waals surface area contributed by atoms with E-state index in [1.54, 1.807) is 12.3 Å². The fourth-order valence-corrected chi connectivity index (χ4v) is 3.94.